The van der Waals surface area contributed by atoms with Crippen LogP contribution in [0.4, 0.5) is 18.9 Å². The minimum Gasteiger partial charge on any atom is -0.497 e. The molecule has 33 heavy (non-hydrogen) atoms. The summed E-state index contributed by atoms with van der Waals surface area (Å²) in [7, 11) is -2.28. The van der Waals surface area contributed by atoms with E-state index in [9.17, 15) is 21.6 Å². The Morgan fingerprint density at radius 3 is 2.39 bits per heavy atom. The molecule has 0 atom stereocenters. The predicted octanol–water partition coefficient (Wildman–Crippen LogP) is 4.19. The summed E-state index contributed by atoms with van der Waals surface area (Å²) < 4.78 is 76.3. The molecule has 7 nitrogen and oxygen atoms in total. The normalized spacial score (nSPS) is 15.6. The number of nitrogens with zero attached hydrogens (tertiary/aromatic N) is 3. The second kappa shape index (κ2) is 8.71. The lowest BCUT2D eigenvalue weighted by Crippen LogP contribution is -2.48. The first-order valence-electron chi connectivity index (χ1n) is 10.1. The third-order valence-corrected chi connectivity index (χ3v) is 7.59. The number of hydrogen-bond acceptors (Lipinski definition) is 6. The Morgan fingerprint density at radius 1 is 1.03 bits per heavy atom. The fourth-order valence-corrected chi connectivity index (χ4v) is 5.39. The molecule has 0 unspecified atom stereocenters. The molecule has 4 rings (SSSR count). The van der Waals surface area contributed by atoms with E-state index in [1.54, 1.807) is 20.1 Å². The number of sulfonamides is 1. The zero-order valence-electron chi connectivity index (χ0n) is 18.0. The third kappa shape index (κ3) is 4.69. The maximum Gasteiger partial charge on any atom is 0.452 e. The lowest BCUT2D eigenvalue weighted by atomic mass is 10.1. The number of anilines is 1. The van der Waals surface area contributed by atoms with Gasteiger partial charge in [-0.15, -0.1) is 0 Å². The van der Waals surface area contributed by atoms with Gasteiger partial charge in [-0.3, -0.25) is 0 Å². The van der Waals surface area contributed by atoms with E-state index in [2.05, 4.69) is 14.6 Å². The Hall–Kier alpha value is -3.05. The predicted molar refractivity (Wildman–Crippen MR) is 116 cm³/mol. The molecule has 0 spiro atoms. The van der Waals surface area contributed by atoms with Gasteiger partial charge in [-0.05, 0) is 30.7 Å². The Labute approximate surface area is 189 Å². The number of alkyl halides is 3. The topological polar surface area (TPSA) is 75.9 Å². The van der Waals surface area contributed by atoms with Crippen LogP contribution in [0.25, 0.3) is 11.3 Å². The van der Waals surface area contributed by atoms with E-state index >= 15 is 0 Å². The highest BCUT2D eigenvalue weighted by Gasteiger charge is 2.36. The second-order valence-corrected chi connectivity index (χ2v) is 9.55. The van der Waals surface area contributed by atoms with Gasteiger partial charge in [-0.1, -0.05) is 23.4 Å². The zero-order chi connectivity index (χ0) is 23.8. The van der Waals surface area contributed by atoms with E-state index in [0.717, 1.165) is 17.5 Å². The number of halogens is 3. The van der Waals surface area contributed by atoms with E-state index in [1.165, 1.54) is 16.4 Å². The monoisotopic (exact) mass is 481 g/mol. The standard InChI is InChI=1S/C22H22F3N3O4S/c1-15-6-7-16(19-14-21(32-26-19)22(23,24)25)12-20(15)33(29,30)28-10-8-27(9-11-28)17-4-3-5-18(13-17)31-2/h3-7,12-14H,8-11H2,1-2H3. The molecule has 0 radical (unpaired) electrons. The van der Waals surface area contributed by atoms with Crippen molar-refractivity contribution < 1.29 is 30.8 Å². The van der Waals surface area contributed by atoms with Gasteiger partial charge in [0, 0.05) is 49.6 Å². The van der Waals surface area contributed by atoms with Gasteiger partial charge in [0.1, 0.15) is 11.4 Å². The fraction of sp³-hybridized carbons (Fsp3) is 0.318. The molecule has 0 amide bonds. The van der Waals surface area contributed by atoms with Crippen molar-refractivity contribution in [3.05, 3.63) is 59.9 Å². The zero-order valence-corrected chi connectivity index (χ0v) is 18.8. The van der Waals surface area contributed by atoms with Crippen molar-refractivity contribution in [2.45, 2.75) is 18.0 Å². The summed E-state index contributed by atoms with van der Waals surface area (Å²) in [5.74, 6) is -0.521. The van der Waals surface area contributed by atoms with Gasteiger partial charge >= 0.3 is 6.18 Å². The smallest absolute Gasteiger partial charge is 0.452 e. The molecule has 1 aliphatic heterocycles. The molecule has 2 aromatic carbocycles. The Kier molecular flexibility index (Phi) is 6.10. The van der Waals surface area contributed by atoms with Crippen LogP contribution < -0.4 is 9.64 Å². The maximum absolute atomic E-state index is 13.4. The average molecular weight is 481 g/mol. The molecule has 1 saturated heterocycles. The van der Waals surface area contributed by atoms with E-state index in [0.29, 0.717) is 18.7 Å². The molecular formula is C22H22F3N3O4S. The number of rotatable bonds is 5. The van der Waals surface area contributed by atoms with Crippen LogP contribution in [0.1, 0.15) is 11.3 Å². The summed E-state index contributed by atoms with van der Waals surface area (Å²) in [5.41, 5.74) is 1.58. The number of methoxy groups -OCH3 is 1. The van der Waals surface area contributed by atoms with Gasteiger partial charge in [-0.2, -0.15) is 17.5 Å². The number of benzene rings is 2. The Bertz CT molecular complexity index is 1250. The van der Waals surface area contributed by atoms with Crippen molar-refractivity contribution in [2.75, 3.05) is 38.2 Å². The number of aryl methyl sites for hydroxylation is 1. The highest BCUT2D eigenvalue weighted by molar-refractivity contribution is 7.89. The molecule has 1 aliphatic rings. The highest BCUT2D eigenvalue weighted by Crippen LogP contribution is 2.33. The average Bonchev–Trinajstić information content (AvgIpc) is 3.30. The van der Waals surface area contributed by atoms with Crippen LogP contribution >= 0.6 is 0 Å². The Balaban J connectivity index is 1.55. The van der Waals surface area contributed by atoms with Crippen LogP contribution in [-0.2, 0) is 16.2 Å². The summed E-state index contributed by atoms with van der Waals surface area (Å²) in [6.07, 6.45) is -4.67. The number of piperazine rings is 1. The molecule has 3 aromatic rings. The summed E-state index contributed by atoms with van der Waals surface area (Å²) in [4.78, 5) is 2.11. The van der Waals surface area contributed by atoms with Crippen molar-refractivity contribution in [1.29, 1.82) is 0 Å². The van der Waals surface area contributed by atoms with Crippen LogP contribution in [0.15, 0.2) is 57.9 Å². The van der Waals surface area contributed by atoms with Gasteiger partial charge in [0.2, 0.25) is 15.8 Å². The molecule has 176 valence electrons. The number of hydrogen-bond donors (Lipinski definition) is 0. The van der Waals surface area contributed by atoms with Crippen LogP contribution in [-0.4, -0.2) is 51.2 Å². The maximum atomic E-state index is 13.4. The molecule has 2 heterocycles. The van der Waals surface area contributed by atoms with Gasteiger partial charge in [0.15, 0.2) is 0 Å². The van der Waals surface area contributed by atoms with Gasteiger partial charge in [-0.25, -0.2) is 8.42 Å². The molecule has 11 heteroatoms. The van der Waals surface area contributed by atoms with Crippen LogP contribution in [0, 0.1) is 6.92 Å². The summed E-state index contributed by atoms with van der Waals surface area (Å²) in [5, 5.41) is 3.46. The molecular weight excluding hydrogens is 459 g/mol. The van der Waals surface area contributed by atoms with Crippen molar-refractivity contribution in [2.24, 2.45) is 0 Å². The molecule has 1 fully saturated rings. The third-order valence-electron chi connectivity index (χ3n) is 5.55. The highest BCUT2D eigenvalue weighted by atomic mass is 32.2. The minimum atomic E-state index is -4.67. The number of ether oxygens (including phenoxy) is 1. The first-order chi connectivity index (χ1) is 15.6. The first kappa shape index (κ1) is 23.1. The summed E-state index contributed by atoms with van der Waals surface area (Å²) >= 11 is 0. The largest absolute Gasteiger partial charge is 0.497 e. The van der Waals surface area contributed by atoms with Crippen LogP contribution in [0.2, 0.25) is 0 Å². The molecule has 1 aromatic heterocycles. The SMILES string of the molecule is COc1cccc(N2CCN(S(=O)(=O)c3cc(-c4cc(C(F)(F)F)on4)ccc3C)CC2)c1. The van der Waals surface area contributed by atoms with Gasteiger partial charge in [0.05, 0.1) is 12.0 Å². The number of aromatic nitrogens is 1. The van der Waals surface area contributed by atoms with Gasteiger partial charge < -0.3 is 14.2 Å². The molecule has 0 bridgehead atoms. The summed E-state index contributed by atoms with van der Waals surface area (Å²) in [6, 6.07) is 12.7. The lowest BCUT2D eigenvalue weighted by molar-refractivity contribution is -0.155. The minimum absolute atomic E-state index is 0.0337. The fourth-order valence-electron chi connectivity index (χ4n) is 3.72. The molecule has 0 N–H and O–H groups in total. The van der Waals surface area contributed by atoms with Crippen molar-refractivity contribution in [3.63, 3.8) is 0 Å². The van der Waals surface area contributed by atoms with Crippen molar-refractivity contribution >= 4 is 15.7 Å². The summed E-state index contributed by atoms with van der Waals surface area (Å²) in [6.45, 7) is 3.16. The van der Waals surface area contributed by atoms with E-state index in [4.69, 9.17) is 4.74 Å². The van der Waals surface area contributed by atoms with E-state index in [-0.39, 0.29) is 29.2 Å². The van der Waals surface area contributed by atoms with Gasteiger partial charge in [0.25, 0.3) is 0 Å². The van der Waals surface area contributed by atoms with Crippen molar-refractivity contribution in [1.82, 2.24) is 9.46 Å². The Morgan fingerprint density at radius 2 is 1.76 bits per heavy atom. The van der Waals surface area contributed by atoms with Crippen LogP contribution in [0.3, 0.4) is 0 Å². The quantitative estimate of drug-likeness (QED) is 0.544. The molecule has 0 aliphatic carbocycles. The van der Waals surface area contributed by atoms with E-state index in [1.807, 2.05) is 24.3 Å². The van der Waals surface area contributed by atoms with E-state index < -0.39 is 22.0 Å². The van der Waals surface area contributed by atoms with Crippen molar-refractivity contribution in [3.8, 4) is 17.0 Å². The second-order valence-electron chi connectivity index (χ2n) is 7.65. The molecule has 0 saturated carbocycles. The first-order valence-corrected chi connectivity index (χ1v) is 11.6. The van der Waals surface area contributed by atoms with Crippen LogP contribution in [0.5, 0.6) is 5.75 Å². The lowest BCUT2D eigenvalue weighted by Gasteiger charge is -2.35.